The minimum absolute atomic E-state index is 0.120. The van der Waals surface area contributed by atoms with Crippen LogP contribution in [0.3, 0.4) is 0 Å². The zero-order valence-electron chi connectivity index (χ0n) is 18.4. The molecule has 0 aliphatic carbocycles. The van der Waals surface area contributed by atoms with Gasteiger partial charge >= 0.3 is 0 Å². The Kier molecular flexibility index (Phi) is 6.63. The highest BCUT2D eigenvalue weighted by atomic mass is 19.1. The van der Waals surface area contributed by atoms with Gasteiger partial charge in [-0.2, -0.15) is 0 Å². The Morgan fingerprint density at radius 1 is 1.06 bits per heavy atom. The van der Waals surface area contributed by atoms with Crippen molar-refractivity contribution in [2.45, 2.75) is 25.6 Å². The molecular weight excluding hydrogens is 409 g/mol. The summed E-state index contributed by atoms with van der Waals surface area (Å²) in [6.45, 7) is 4.03. The van der Waals surface area contributed by atoms with Crippen molar-refractivity contribution in [3.63, 3.8) is 0 Å². The number of nitrogens with zero attached hydrogens (tertiary/aromatic N) is 1. The molecular formula is C26H28FNO4. The third kappa shape index (κ3) is 5.21. The number of ether oxygens (including phenoxy) is 3. The van der Waals surface area contributed by atoms with E-state index in [0.29, 0.717) is 43.3 Å². The van der Waals surface area contributed by atoms with E-state index in [9.17, 15) is 9.50 Å². The summed E-state index contributed by atoms with van der Waals surface area (Å²) in [5.41, 5.74) is 1.08. The Hall–Kier alpha value is -3.09. The van der Waals surface area contributed by atoms with Crippen molar-refractivity contribution in [1.82, 2.24) is 4.90 Å². The van der Waals surface area contributed by atoms with E-state index in [1.54, 1.807) is 26.2 Å². The largest absolute Gasteiger partial charge is 0.497 e. The minimum Gasteiger partial charge on any atom is -0.497 e. The van der Waals surface area contributed by atoms with Crippen molar-refractivity contribution in [2.75, 3.05) is 26.9 Å². The molecule has 4 rings (SSSR count). The molecule has 0 saturated heterocycles. The highest BCUT2D eigenvalue weighted by Crippen LogP contribution is 2.31. The summed E-state index contributed by atoms with van der Waals surface area (Å²) in [5.74, 6) is 1.86. The molecule has 0 aromatic heterocycles. The van der Waals surface area contributed by atoms with Gasteiger partial charge in [0.15, 0.2) is 0 Å². The Balaban J connectivity index is 1.50. The SMILES string of the molecule is COc1ccc(F)c(CN2CCOc3ccc([C@](C)(O)COc4ccccc4)cc3C2)c1. The van der Waals surface area contributed by atoms with Crippen LogP contribution in [0.1, 0.15) is 23.6 Å². The van der Waals surface area contributed by atoms with Crippen molar-refractivity contribution >= 4 is 0 Å². The van der Waals surface area contributed by atoms with Crippen LogP contribution in [0.25, 0.3) is 0 Å². The van der Waals surface area contributed by atoms with Gasteiger partial charge < -0.3 is 19.3 Å². The predicted octanol–water partition coefficient (Wildman–Crippen LogP) is 4.52. The normalized spacial score (nSPS) is 15.8. The summed E-state index contributed by atoms with van der Waals surface area (Å²) < 4.78 is 31.3. The first kappa shape index (κ1) is 22.1. The summed E-state index contributed by atoms with van der Waals surface area (Å²) in [5, 5.41) is 11.1. The fourth-order valence-electron chi connectivity index (χ4n) is 3.78. The monoisotopic (exact) mass is 437 g/mol. The third-order valence-electron chi connectivity index (χ3n) is 5.65. The van der Waals surface area contributed by atoms with E-state index >= 15 is 0 Å². The van der Waals surface area contributed by atoms with Crippen LogP contribution >= 0.6 is 0 Å². The van der Waals surface area contributed by atoms with Gasteiger partial charge in [-0.05, 0) is 55.0 Å². The molecule has 1 aliphatic rings. The smallest absolute Gasteiger partial charge is 0.127 e. The highest BCUT2D eigenvalue weighted by Gasteiger charge is 2.27. The number of methoxy groups -OCH3 is 1. The number of aliphatic hydroxyl groups is 1. The van der Waals surface area contributed by atoms with Gasteiger partial charge in [0.1, 0.15) is 41.9 Å². The number of hydrogen-bond donors (Lipinski definition) is 1. The molecule has 0 unspecified atom stereocenters. The molecule has 0 radical (unpaired) electrons. The van der Waals surface area contributed by atoms with Crippen molar-refractivity contribution < 1.29 is 23.7 Å². The van der Waals surface area contributed by atoms with Gasteiger partial charge in [-0.3, -0.25) is 4.90 Å². The number of rotatable bonds is 7. The van der Waals surface area contributed by atoms with E-state index < -0.39 is 5.60 Å². The molecule has 1 aliphatic heterocycles. The van der Waals surface area contributed by atoms with Crippen LogP contribution in [0.2, 0.25) is 0 Å². The summed E-state index contributed by atoms with van der Waals surface area (Å²) in [6, 6.07) is 19.9. The number of benzene rings is 3. The van der Waals surface area contributed by atoms with E-state index in [4.69, 9.17) is 14.2 Å². The second-order valence-corrected chi connectivity index (χ2v) is 8.21. The first-order chi connectivity index (χ1) is 15.4. The zero-order chi connectivity index (χ0) is 22.6. The van der Waals surface area contributed by atoms with Crippen LogP contribution in [0.15, 0.2) is 66.7 Å². The summed E-state index contributed by atoms with van der Waals surface area (Å²) in [7, 11) is 1.57. The molecule has 6 heteroatoms. The fourth-order valence-corrected chi connectivity index (χ4v) is 3.78. The fraction of sp³-hybridized carbons (Fsp3) is 0.308. The summed E-state index contributed by atoms with van der Waals surface area (Å²) in [4.78, 5) is 2.13. The molecule has 32 heavy (non-hydrogen) atoms. The van der Waals surface area contributed by atoms with Crippen LogP contribution < -0.4 is 14.2 Å². The number of hydrogen-bond acceptors (Lipinski definition) is 5. The number of halogens is 1. The standard InChI is InChI=1S/C26H28FNO4/c1-26(29,18-32-22-6-4-3-5-7-22)21-8-11-25-20(14-21)17-28(12-13-31-25)16-19-15-23(30-2)9-10-24(19)27/h3-11,14-15,29H,12-13,16-18H2,1-2H3/t26-/m1/s1. The highest BCUT2D eigenvalue weighted by molar-refractivity contribution is 5.40. The third-order valence-corrected chi connectivity index (χ3v) is 5.65. The first-order valence-corrected chi connectivity index (χ1v) is 10.7. The average molecular weight is 438 g/mol. The average Bonchev–Trinajstić information content (AvgIpc) is 3.01. The Labute approximate surface area is 188 Å². The van der Waals surface area contributed by atoms with E-state index in [1.807, 2.05) is 48.5 Å². The molecule has 0 spiro atoms. The maximum Gasteiger partial charge on any atom is 0.127 e. The van der Waals surface area contributed by atoms with E-state index in [2.05, 4.69) is 4.90 Å². The van der Waals surface area contributed by atoms with Gasteiger partial charge in [0.05, 0.1) is 7.11 Å². The van der Waals surface area contributed by atoms with Crippen LogP contribution in [-0.4, -0.2) is 36.9 Å². The Morgan fingerprint density at radius 3 is 2.66 bits per heavy atom. The summed E-state index contributed by atoms with van der Waals surface area (Å²) in [6.07, 6.45) is 0. The van der Waals surface area contributed by atoms with Crippen molar-refractivity contribution in [3.05, 3.63) is 89.2 Å². The molecule has 1 N–H and O–H groups in total. The molecule has 168 valence electrons. The minimum atomic E-state index is -1.18. The van der Waals surface area contributed by atoms with E-state index in [0.717, 1.165) is 16.9 Å². The molecule has 1 heterocycles. The Morgan fingerprint density at radius 2 is 1.88 bits per heavy atom. The molecule has 0 amide bonds. The molecule has 5 nitrogen and oxygen atoms in total. The predicted molar refractivity (Wildman–Crippen MR) is 121 cm³/mol. The van der Waals surface area contributed by atoms with E-state index in [-0.39, 0.29) is 12.4 Å². The lowest BCUT2D eigenvalue weighted by Gasteiger charge is -2.25. The van der Waals surface area contributed by atoms with Gasteiger partial charge in [0.25, 0.3) is 0 Å². The maximum absolute atomic E-state index is 14.3. The Bertz CT molecular complexity index is 1050. The molecule has 0 bridgehead atoms. The maximum atomic E-state index is 14.3. The lowest BCUT2D eigenvalue weighted by Crippen LogP contribution is -2.30. The molecule has 0 fully saturated rings. The molecule has 0 saturated carbocycles. The van der Waals surface area contributed by atoms with Gasteiger partial charge in [0, 0.05) is 30.8 Å². The van der Waals surface area contributed by atoms with Gasteiger partial charge in [-0.15, -0.1) is 0 Å². The van der Waals surface area contributed by atoms with Gasteiger partial charge in [-0.1, -0.05) is 24.3 Å². The van der Waals surface area contributed by atoms with E-state index in [1.165, 1.54) is 6.07 Å². The second-order valence-electron chi connectivity index (χ2n) is 8.21. The molecule has 3 aromatic carbocycles. The van der Waals surface area contributed by atoms with Crippen LogP contribution in [0.4, 0.5) is 4.39 Å². The van der Waals surface area contributed by atoms with Crippen LogP contribution in [0.5, 0.6) is 17.2 Å². The molecule has 1 atom stereocenters. The van der Waals surface area contributed by atoms with Crippen LogP contribution in [0, 0.1) is 5.82 Å². The van der Waals surface area contributed by atoms with Gasteiger partial charge in [0.2, 0.25) is 0 Å². The van der Waals surface area contributed by atoms with Crippen molar-refractivity contribution in [2.24, 2.45) is 0 Å². The van der Waals surface area contributed by atoms with Crippen molar-refractivity contribution in [3.8, 4) is 17.2 Å². The first-order valence-electron chi connectivity index (χ1n) is 10.7. The van der Waals surface area contributed by atoms with Crippen LogP contribution in [-0.2, 0) is 18.7 Å². The molecule has 3 aromatic rings. The van der Waals surface area contributed by atoms with Crippen molar-refractivity contribution in [1.29, 1.82) is 0 Å². The lowest BCUT2D eigenvalue weighted by molar-refractivity contribution is 0.00748. The number of fused-ring (bicyclic) bond motifs is 1. The lowest BCUT2D eigenvalue weighted by atomic mass is 9.94. The zero-order valence-corrected chi connectivity index (χ0v) is 18.4. The number of para-hydroxylation sites is 1. The topological polar surface area (TPSA) is 51.2 Å². The quantitative estimate of drug-likeness (QED) is 0.589. The van der Waals surface area contributed by atoms with Gasteiger partial charge in [-0.25, -0.2) is 4.39 Å². The second kappa shape index (κ2) is 9.59. The summed E-state index contributed by atoms with van der Waals surface area (Å²) >= 11 is 0.